The summed E-state index contributed by atoms with van der Waals surface area (Å²) in [6.45, 7) is 3.55. The summed E-state index contributed by atoms with van der Waals surface area (Å²) >= 11 is 0. The van der Waals surface area contributed by atoms with Crippen molar-refractivity contribution in [2.24, 2.45) is 10.4 Å². The minimum atomic E-state index is -0.763. The van der Waals surface area contributed by atoms with E-state index in [9.17, 15) is 14.6 Å². The second kappa shape index (κ2) is 5.40. The normalized spacial score (nSPS) is 8.73. The molecule has 0 aromatic carbocycles. The van der Waals surface area contributed by atoms with Gasteiger partial charge < -0.3 is 0 Å². The Morgan fingerprint density at radius 2 is 2.00 bits per heavy atom. The van der Waals surface area contributed by atoms with Gasteiger partial charge in [0.25, 0.3) is 5.91 Å². The molecule has 0 aromatic rings. The Hall–Kier alpha value is -1.39. The van der Waals surface area contributed by atoms with Crippen LogP contribution >= 0.6 is 0 Å². The molecule has 0 spiro atoms. The zero-order chi connectivity index (χ0) is 8.69. The van der Waals surface area contributed by atoms with Gasteiger partial charge in [0.1, 0.15) is 0 Å². The Labute approximate surface area is 63.4 Å². The van der Waals surface area contributed by atoms with Crippen LogP contribution in [0.3, 0.4) is 0 Å². The molecule has 0 N–H and O–H groups in total. The van der Waals surface area contributed by atoms with Crippen molar-refractivity contribution in [3.8, 4) is 0 Å². The molecule has 0 aliphatic rings. The van der Waals surface area contributed by atoms with E-state index in [1.807, 2.05) is 0 Å². The Morgan fingerprint density at radius 3 is 2.45 bits per heavy atom. The molecule has 0 saturated heterocycles. The molecule has 5 nitrogen and oxygen atoms in total. The first-order valence-electron chi connectivity index (χ1n) is 3.02. The molecule has 11 heavy (non-hydrogen) atoms. The van der Waals surface area contributed by atoms with Gasteiger partial charge in [0.05, 0.1) is 13.0 Å². The molecule has 5 heteroatoms. The van der Waals surface area contributed by atoms with Gasteiger partial charge in [-0.05, 0) is 6.42 Å². The number of nitrogens with zero attached hydrogens (tertiary/aromatic N) is 2. The van der Waals surface area contributed by atoms with E-state index in [0.717, 1.165) is 0 Å². The van der Waals surface area contributed by atoms with Crippen molar-refractivity contribution in [1.29, 1.82) is 0 Å². The highest BCUT2D eigenvalue weighted by molar-refractivity contribution is 5.78. The van der Waals surface area contributed by atoms with Crippen molar-refractivity contribution in [2.75, 3.05) is 6.54 Å². The number of hydrogen-bond donors (Lipinski definition) is 0. The van der Waals surface area contributed by atoms with E-state index in [1.165, 1.54) is 0 Å². The molecule has 0 saturated carbocycles. The first-order valence-corrected chi connectivity index (χ1v) is 3.02. The maximum Gasteiger partial charge on any atom is 0.290 e. The molecule has 0 aliphatic heterocycles. The van der Waals surface area contributed by atoms with Gasteiger partial charge >= 0.3 is 0 Å². The standard InChI is InChI=1S/C6H8N2O3/c1-5(2-3-7-10)4-6(9)8-11/h1-4H2. The van der Waals surface area contributed by atoms with E-state index >= 15 is 0 Å². The van der Waals surface area contributed by atoms with Crippen LogP contribution < -0.4 is 0 Å². The number of carbonyl (C=O) groups is 1. The summed E-state index contributed by atoms with van der Waals surface area (Å²) in [5.41, 5.74) is 0.509. The summed E-state index contributed by atoms with van der Waals surface area (Å²) < 4.78 is 0. The van der Waals surface area contributed by atoms with Crippen LogP contribution in [0.25, 0.3) is 0 Å². The van der Waals surface area contributed by atoms with Crippen LogP contribution in [-0.4, -0.2) is 12.5 Å². The van der Waals surface area contributed by atoms with E-state index < -0.39 is 5.91 Å². The molecular formula is C6H8N2O3. The molecule has 0 fully saturated rings. The Bertz CT molecular complexity index is 188. The van der Waals surface area contributed by atoms with Gasteiger partial charge in [-0.1, -0.05) is 17.3 Å². The number of hydrogen-bond acceptors (Lipinski definition) is 4. The fourth-order valence-corrected chi connectivity index (χ4v) is 0.538. The van der Waals surface area contributed by atoms with Crippen molar-refractivity contribution in [3.05, 3.63) is 22.0 Å². The topological polar surface area (TPSA) is 75.9 Å². The molecule has 60 valence electrons. The van der Waals surface area contributed by atoms with Gasteiger partial charge in [-0.15, -0.1) is 4.91 Å². The highest BCUT2D eigenvalue weighted by Gasteiger charge is 2.03. The molecule has 0 aliphatic carbocycles. The van der Waals surface area contributed by atoms with Crippen LogP contribution in [0.4, 0.5) is 0 Å². The minimum Gasteiger partial charge on any atom is -0.269 e. The van der Waals surface area contributed by atoms with Crippen molar-refractivity contribution in [3.63, 3.8) is 0 Å². The number of nitroso groups, excluding NO2 is 2. The van der Waals surface area contributed by atoms with Crippen molar-refractivity contribution in [2.45, 2.75) is 12.8 Å². The van der Waals surface area contributed by atoms with E-state index in [0.29, 0.717) is 12.0 Å². The van der Waals surface area contributed by atoms with Crippen LogP contribution in [0.1, 0.15) is 12.8 Å². The summed E-state index contributed by atoms with van der Waals surface area (Å²) in [6, 6.07) is 0. The SMILES string of the molecule is C=C(CCN=O)CC(=O)N=O. The van der Waals surface area contributed by atoms with Crippen molar-refractivity contribution < 1.29 is 4.79 Å². The molecule has 0 radical (unpaired) electrons. The van der Waals surface area contributed by atoms with Crippen LogP contribution in [-0.2, 0) is 4.79 Å². The maximum absolute atomic E-state index is 10.3. The zero-order valence-corrected chi connectivity index (χ0v) is 5.95. The monoisotopic (exact) mass is 156 g/mol. The fraction of sp³-hybridized carbons (Fsp3) is 0.500. The maximum atomic E-state index is 10.3. The van der Waals surface area contributed by atoms with Gasteiger partial charge in [0, 0.05) is 5.18 Å². The van der Waals surface area contributed by atoms with Gasteiger partial charge in [0.15, 0.2) is 0 Å². The highest BCUT2D eigenvalue weighted by atomic mass is 16.3. The predicted molar refractivity (Wildman–Crippen MR) is 39.8 cm³/mol. The summed E-state index contributed by atoms with van der Waals surface area (Å²) in [7, 11) is 0. The first kappa shape index (κ1) is 9.61. The molecule has 0 rings (SSSR count). The van der Waals surface area contributed by atoms with Crippen molar-refractivity contribution >= 4 is 5.91 Å². The quantitative estimate of drug-likeness (QED) is 0.445. The fourth-order valence-electron chi connectivity index (χ4n) is 0.538. The molecule has 0 aromatic heterocycles. The average molecular weight is 156 g/mol. The lowest BCUT2D eigenvalue weighted by Crippen LogP contribution is -1.95. The zero-order valence-electron chi connectivity index (χ0n) is 5.95. The third kappa shape index (κ3) is 5.07. The molecule has 0 heterocycles. The Kier molecular flexibility index (Phi) is 4.72. The third-order valence-corrected chi connectivity index (χ3v) is 1.06. The number of carbonyl (C=O) groups excluding carboxylic acids is 1. The van der Waals surface area contributed by atoms with Crippen molar-refractivity contribution in [1.82, 2.24) is 0 Å². The predicted octanol–water partition coefficient (Wildman–Crippen LogP) is 1.38. The van der Waals surface area contributed by atoms with Gasteiger partial charge in [0.2, 0.25) is 0 Å². The van der Waals surface area contributed by atoms with Crippen LogP contribution in [0.5, 0.6) is 0 Å². The molecule has 0 atom stereocenters. The summed E-state index contributed by atoms with van der Waals surface area (Å²) in [6.07, 6.45) is 0.254. The van der Waals surface area contributed by atoms with Crippen LogP contribution in [0.2, 0.25) is 0 Å². The first-order chi connectivity index (χ1) is 5.20. The van der Waals surface area contributed by atoms with Gasteiger partial charge in [-0.2, -0.15) is 4.91 Å². The van der Waals surface area contributed by atoms with E-state index in [2.05, 4.69) is 16.9 Å². The largest absolute Gasteiger partial charge is 0.290 e. The van der Waals surface area contributed by atoms with E-state index in [-0.39, 0.29) is 13.0 Å². The second-order valence-electron chi connectivity index (χ2n) is 2.01. The van der Waals surface area contributed by atoms with E-state index in [4.69, 9.17) is 0 Å². The smallest absolute Gasteiger partial charge is 0.269 e. The summed E-state index contributed by atoms with van der Waals surface area (Å²) in [5, 5.41) is 4.76. The molecule has 1 amide bonds. The Balaban J connectivity index is 3.60. The lowest BCUT2D eigenvalue weighted by Gasteiger charge is -1.95. The Morgan fingerprint density at radius 1 is 1.36 bits per heavy atom. The third-order valence-electron chi connectivity index (χ3n) is 1.06. The molecule has 0 unspecified atom stereocenters. The molecular weight excluding hydrogens is 148 g/mol. The van der Waals surface area contributed by atoms with Crippen LogP contribution in [0.15, 0.2) is 22.5 Å². The highest BCUT2D eigenvalue weighted by Crippen LogP contribution is 2.04. The molecule has 0 bridgehead atoms. The minimum absolute atomic E-state index is 0.0843. The van der Waals surface area contributed by atoms with Gasteiger partial charge in [-0.3, -0.25) is 4.79 Å². The summed E-state index contributed by atoms with van der Waals surface area (Å²) in [4.78, 5) is 29.5. The summed E-state index contributed by atoms with van der Waals surface area (Å²) in [5.74, 6) is -0.763. The lowest BCUT2D eigenvalue weighted by atomic mass is 10.1. The number of amides is 1. The number of rotatable bonds is 5. The van der Waals surface area contributed by atoms with Crippen LogP contribution in [0, 0.1) is 9.81 Å². The lowest BCUT2D eigenvalue weighted by molar-refractivity contribution is -0.117. The average Bonchev–Trinajstić information content (AvgIpc) is 2.00. The van der Waals surface area contributed by atoms with Gasteiger partial charge in [-0.25, -0.2) is 0 Å². The van der Waals surface area contributed by atoms with E-state index in [1.54, 1.807) is 0 Å². The second-order valence-corrected chi connectivity index (χ2v) is 2.01.